The van der Waals surface area contributed by atoms with Crippen LogP contribution in [0, 0.1) is 15.5 Å². The average Bonchev–Trinajstić information content (AvgIpc) is 2.76. The molecule has 0 atom stereocenters. The quantitative estimate of drug-likeness (QED) is 0.644. The topological polar surface area (TPSA) is 84.3 Å². The molecule has 2 N–H and O–H groups in total. The number of nitrogens with one attached hydrogen (secondary N) is 2. The molecule has 1 heterocycles. The number of anilines is 2. The highest BCUT2D eigenvalue weighted by atomic mass is 16.6. The minimum absolute atomic E-state index is 0.0517. The van der Waals surface area contributed by atoms with Crippen LogP contribution >= 0.6 is 0 Å². The lowest BCUT2D eigenvalue weighted by atomic mass is 9.67. The summed E-state index contributed by atoms with van der Waals surface area (Å²) in [5.74, 6) is -0.111. The van der Waals surface area contributed by atoms with Crippen LogP contribution in [-0.2, 0) is 11.2 Å². The van der Waals surface area contributed by atoms with E-state index in [1.165, 1.54) is 25.3 Å². The number of carbonyl (C=O) groups excluding carboxylic acids is 1. The summed E-state index contributed by atoms with van der Waals surface area (Å²) in [7, 11) is 0. The number of benzene rings is 1. The van der Waals surface area contributed by atoms with Crippen molar-refractivity contribution in [1.82, 2.24) is 0 Å². The van der Waals surface area contributed by atoms with Gasteiger partial charge in [0.05, 0.1) is 11.3 Å². The lowest BCUT2D eigenvalue weighted by molar-refractivity contribution is -0.384. The first-order valence-electron chi connectivity index (χ1n) is 7.38. The summed E-state index contributed by atoms with van der Waals surface area (Å²) >= 11 is 0. The van der Waals surface area contributed by atoms with Crippen molar-refractivity contribution in [2.45, 2.75) is 39.0 Å². The molecule has 0 radical (unpaired) electrons. The number of fused-ring (bicyclic) bond motifs is 1. The molecule has 1 amide bonds. The molecule has 1 aliphatic carbocycles. The van der Waals surface area contributed by atoms with Gasteiger partial charge in [0, 0.05) is 18.3 Å². The standard InChI is InChI=1S/C15H19N3O3/c1-2-15(4-3-5-15)9-16-12-8-11-10(7-14(19)17-11)6-13(12)18(20)21/h6,8,16H,2-5,7,9H2,1H3,(H,17,19). The fourth-order valence-electron chi connectivity index (χ4n) is 3.17. The lowest BCUT2D eigenvalue weighted by Gasteiger charge is -2.41. The summed E-state index contributed by atoms with van der Waals surface area (Å²) in [4.78, 5) is 22.3. The number of hydrogen-bond acceptors (Lipinski definition) is 4. The molecule has 3 rings (SSSR count). The van der Waals surface area contributed by atoms with Crippen molar-refractivity contribution in [3.8, 4) is 0 Å². The zero-order valence-electron chi connectivity index (χ0n) is 12.1. The van der Waals surface area contributed by atoms with E-state index in [9.17, 15) is 14.9 Å². The average molecular weight is 289 g/mol. The van der Waals surface area contributed by atoms with Crippen molar-refractivity contribution in [2.75, 3.05) is 17.2 Å². The van der Waals surface area contributed by atoms with E-state index < -0.39 is 0 Å². The van der Waals surface area contributed by atoms with E-state index in [1.54, 1.807) is 6.07 Å². The van der Waals surface area contributed by atoms with Crippen LogP contribution in [0.4, 0.5) is 17.1 Å². The Balaban J connectivity index is 1.85. The Morgan fingerprint density at radius 2 is 2.19 bits per heavy atom. The second kappa shape index (κ2) is 5.02. The molecule has 1 aromatic carbocycles. The molecular weight excluding hydrogens is 270 g/mol. The summed E-state index contributed by atoms with van der Waals surface area (Å²) < 4.78 is 0. The Kier molecular flexibility index (Phi) is 3.31. The summed E-state index contributed by atoms with van der Waals surface area (Å²) in [5, 5.41) is 17.2. The first-order chi connectivity index (χ1) is 10.0. The zero-order valence-corrected chi connectivity index (χ0v) is 12.1. The highest BCUT2D eigenvalue weighted by molar-refractivity contribution is 6.00. The largest absolute Gasteiger partial charge is 0.379 e. The number of carbonyl (C=O) groups is 1. The SMILES string of the molecule is CCC1(CNc2cc3c(cc2[N+](=O)[O-])CC(=O)N3)CCC1. The molecule has 0 saturated heterocycles. The molecule has 2 aliphatic rings. The molecule has 1 saturated carbocycles. The third-order valence-electron chi connectivity index (χ3n) is 4.86. The van der Waals surface area contributed by atoms with Crippen molar-refractivity contribution < 1.29 is 9.72 Å². The molecule has 0 bridgehead atoms. The molecule has 21 heavy (non-hydrogen) atoms. The van der Waals surface area contributed by atoms with Crippen LogP contribution in [-0.4, -0.2) is 17.4 Å². The fraction of sp³-hybridized carbons (Fsp3) is 0.533. The number of nitro groups is 1. The van der Waals surface area contributed by atoms with Crippen LogP contribution in [0.15, 0.2) is 12.1 Å². The normalized spacial score (nSPS) is 18.6. The molecule has 0 spiro atoms. The minimum atomic E-state index is -0.384. The molecule has 0 aromatic heterocycles. The summed E-state index contributed by atoms with van der Waals surface area (Å²) in [5.41, 5.74) is 2.21. The minimum Gasteiger partial charge on any atom is -0.379 e. The van der Waals surface area contributed by atoms with E-state index in [-0.39, 0.29) is 28.4 Å². The van der Waals surface area contributed by atoms with E-state index in [1.807, 2.05) is 0 Å². The maximum atomic E-state index is 11.4. The second-order valence-corrected chi connectivity index (χ2v) is 6.07. The third kappa shape index (κ3) is 2.46. The maximum Gasteiger partial charge on any atom is 0.292 e. The Hall–Kier alpha value is -2.11. The van der Waals surface area contributed by atoms with E-state index in [4.69, 9.17) is 0 Å². The zero-order chi connectivity index (χ0) is 15.0. The van der Waals surface area contributed by atoms with Crippen molar-refractivity contribution in [3.05, 3.63) is 27.8 Å². The van der Waals surface area contributed by atoms with Gasteiger partial charge in [0.15, 0.2) is 0 Å². The lowest BCUT2D eigenvalue weighted by Crippen LogP contribution is -2.35. The van der Waals surface area contributed by atoms with Crippen LogP contribution in [0.1, 0.15) is 38.2 Å². The number of amides is 1. The Morgan fingerprint density at radius 3 is 2.76 bits per heavy atom. The van der Waals surface area contributed by atoms with Gasteiger partial charge in [0.25, 0.3) is 5.69 Å². The van der Waals surface area contributed by atoms with Gasteiger partial charge >= 0.3 is 0 Å². The predicted octanol–water partition coefficient (Wildman–Crippen LogP) is 3.08. The van der Waals surface area contributed by atoms with Crippen LogP contribution in [0.3, 0.4) is 0 Å². The number of hydrogen-bond donors (Lipinski definition) is 2. The smallest absolute Gasteiger partial charge is 0.292 e. The number of nitrogens with zero attached hydrogens (tertiary/aromatic N) is 1. The van der Waals surface area contributed by atoms with E-state index in [0.29, 0.717) is 16.9 Å². The van der Waals surface area contributed by atoms with Crippen LogP contribution in [0.25, 0.3) is 0 Å². The molecule has 0 unspecified atom stereocenters. The fourth-order valence-corrected chi connectivity index (χ4v) is 3.17. The van der Waals surface area contributed by atoms with Gasteiger partial charge in [0.2, 0.25) is 5.91 Å². The van der Waals surface area contributed by atoms with Gasteiger partial charge in [-0.25, -0.2) is 0 Å². The molecule has 112 valence electrons. The van der Waals surface area contributed by atoms with Gasteiger partial charge in [-0.3, -0.25) is 14.9 Å². The summed E-state index contributed by atoms with van der Waals surface area (Å²) in [6.07, 6.45) is 4.88. The van der Waals surface area contributed by atoms with Crippen LogP contribution in [0.5, 0.6) is 0 Å². The van der Waals surface area contributed by atoms with Gasteiger partial charge < -0.3 is 10.6 Å². The number of nitro benzene ring substituents is 1. The molecular formula is C15H19N3O3. The molecule has 1 aromatic rings. The van der Waals surface area contributed by atoms with Gasteiger partial charge in [-0.2, -0.15) is 0 Å². The monoisotopic (exact) mass is 289 g/mol. The predicted molar refractivity (Wildman–Crippen MR) is 80.5 cm³/mol. The first kappa shape index (κ1) is 13.9. The maximum absolute atomic E-state index is 11.4. The Labute approximate surface area is 123 Å². The van der Waals surface area contributed by atoms with Gasteiger partial charge in [-0.1, -0.05) is 13.3 Å². The highest BCUT2D eigenvalue weighted by Crippen LogP contribution is 2.44. The molecule has 6 heteroatoms. The van der Waals surface area contributed by atoms with E-state index >= 15 is 0 Å². The van der Waals surface area contributed by atoms with Crippen molar-refractivity contribution in [2.24, 2.45) is 5.41 Å². The van der Waals surface area contributed by atoms with Crippen molar-refractivity contribution in [3.63, 3.8) is 0 Å². The molecule has 1 aliphatic heterocycles. The van der Waals surface area contributed by atoms with E-state index in [0.717, 1.165) is 13.0 Å². The summed E-state index contributed by atoms with van der Waals surface area (Å²) in [6.45, 7) is 2.91. The van der Waals surface area contributed by atoms with Crippen molar-refractivity contribution in [1.29, 1.82) is 0 Å². The van der Waals surface area contributed by atoms with Crippen molar-refractivity contribution >= 4 is 23.0 Å². The Bertz CT molecular complexity index is 603. The molecule has 6 nitrogen and oxygen atoms in total. The molecule has 1 fully saturated rings. The Morgan fingerprint density at radius 1 is 1.43 bits per heavy atom. The second-order valence-electron chi connectivity index (χ2n) is 6.07. The third-order valence-corrected chi connectivity index (χ3v) is 4.86. The first-order valence-corrected chi connectivity index (χ1v) is 7.38. The van der Waals surface area contributed by atoms with Crippen LogP contribution < -0.4 is 10.6 Å². The van der Waals surface area contributed by atoms with Gasteiger partial charge in [-0.05, 0) is 36.3 Å². The summed E-state index contributed by atoms with van der Waals surface area (Å²) in [6, 6.07) is 3.20. The van der Waals surface area contributed by atoms with Gasteiger partial charge in [-0.15, -0.1) is 0 Å². The van der Waals surface area contributed by atoms with Crippen LogP contribution in [0.2, 0.25) is 0 Å². The van der Waals surface area contributed by atoms with Gasteiger partial charge in [0.1, 0.15) is 5.69 Å². The highest BCUT2D eigenvalue weighted by Gasteiger charge is 2.35. The van der Waals surface area contributed by atoms with E-state index in [2.05, 4.69) is 17.6 Å². The number of rotatable bonds is 5.